The lowest BCUT2D eigenvalue weighted by Gasteiger charge is -2.47. The first-order chi connectivity index (χ1) is 15.0. The zero-order chi connectivity index (χ0) is 21.4. The number of nitrogens with zero attached hydrogens (tertiary/aromatic N) is 3. The number of aromatic nitrogens is 1. The monoisotopic (exact) mass is 423 g/mol. The van der Waals surface area contributed by atoms with Crippen LogP contribution >= 0.6 is 0 Å². The van der Waals surface area contributed by atoms with Crippen molar-refractivity contribution in [3.63, 3.8) is 0 Å². The van der Waals surface area contributed by atoms with Crippen molar-refractivity contribution in [2.75, 3.05) is 37.6 Å². The van der Waals surface area contributed by atoms with Crippen LogP contribution in [0.5, 0.6) is 0 Å². The van der Waals surface area contributed by atoms with Crippen molar-refractivity contribution in [1.29, 1.82) is 0 Å². The molecule has 164 valence electrons. The first-order valence-corrected chi connectivity index (χ1v) is 11.4. The van der Waals surface area contributed by atoms with E-state index in [0.717, 1.165) is 56.0 Å². The van der Waals surface area contributed by atoms with Crippen LogP contribution in [0.3, 0.4) is 0 Å². The van der Waals surface area contributed by atoms with Crippen molar-refractivity contribution >= 4 is 11.7 Å². The molecule has 3 aliphatic heterocycles. The molecule has 6 heteroatoms. The summed E-state index contributed by atoms with van der Waals surface area (Å²) in [7, 11) is 0. The molecule has 1 aromatic carbocycles. The van der Waals surface area contributed by atoms with E-state index in [-0.39, 0.29) is 11.8 Å². The summed E-state index contributed by atoms with van der Waals surface area (Å²) < 4.78 is 18.7. The molecule has 31 heavy (non-hydrogen) atoms. The van der Waals surface area contributed by atoms with Gasteiger partial charge in [0.2, 0.25) is 0 Å². The molecule has 4 heterocycles. The Morgan fingerprint density at radius 3 is 2.58 bits per heavy atom. The van der Waals surface area contributed by atoms with Crippen molar-refractivity contribution < 1.29 is 13.9 Å². The van der Waals surface area contributed by atoms with Crippen LogP contribution in [0.15, 0.2) is 30.6 Å². The van der Waals surface area contributed by atoms with Gasteiger partial charge >= 0.3 is 5.97 Å². The van der Waals surface area contributed by atoms with E-state index < -0.39 is 0 Å². The molecule has 0 unspecified atom stereocenters. The average molecular weight is 424 g/mol. The van der Waals surface area contributed by atoms with Gasteiger partial charge in [0.15, 0.2) is 0 Å². The van der Waals surface area contributed by atoms with E-state index in [1.807, 2.05) is 6.07 Å². The highest BCUT2D eigenvalue weighted by molar-refractivity contribution is 5.93. The minimum Gasteiger partial charge on any atom is -0.457 e. The van der Waals surface area contributed by atoms with Gasteiger partial charge in [0, 0.05) is 31.3 Å². The fourth-order valence-electron chi connectivity index (χ4n) is 5.51. The SMILES string of the molecule is Cc1c(CCN2CCC3(CC2)CCN(c2cncc(F)c2)CC3)ccc2c1COC2=O. The van der Waals surface area contributed by atoms with Gasteiger partial charge in [0.05, 0.1) is 23.6 Å². The maximum absolute atomic E-state index is 13.5. The molecule has 1 aromatic heterocycles. The Morgan fingerprint density at radius 2 is 1.84 bits per heavy atom. The largest absolute Gasteiger partial charge is 0.457 e. The summed E-state index contributed by atoms with van der Waals surface area (Å²) in [4.78, 5) is 20.6. The molecule has 3 aliphatic rings. The molecule has 1 spiro atoms. The number of piperidine rings is 2. The summed E-state index contributed by atoms with van der Waals surface area (Å²) in [5, 5.41) is 0. The molecule has 0 bridgehead atoms. The number of carbonyl (C=O) groups is 1. The quantitative estimate of drug-likeness (QED) is 0.692. The lowest BCUT2D eigenvalue weighted by Crippen LogP contribution is -2.47. The summed E-state index contributed by atoms with van der Waals surface area (Å²) >= 11 is 0. The lowest BCUT2D eigenvalue weighted by atomic mass is 9.71. The van der Waals surface area contributed by atoms with E-state index in [9.17, 15) is 9.18 Å². The molecule has 0 radical (unpaired) electrons. The number of halogens is 1. The molecular formula is C25H30FN3O2. The lowest BCUT2D eigenvalue weighted by molar-refractivity contribution is 0.0535. The summed E-state index contributed by atoms with van der Waals surface area (Å²) in [5.74, 6) is -0.450. The Bertz CT molecular complexity index is 975. The Balaban J connectivity index is 1.13. The second-order valence-corrected chi connectivity index (χ2v) is 9.39. The first-order valence-electron chi connectivity index (χ1n) is 11.4. The summed E-state index contributed by atoms with van der Waals surface area (Å²) in [6.07, 6.45) is 8.89. The van der Waals surface area contributed by atoms with Crippen molar-refractivity contribution in [3.05, 3.63) is 58.7 Å². The molecule has 0 aliphatic carbocycles. The number of pyridine rings is 1. The standard InChI is InChI=1S/C25H30FN3O2/c1-18-19(2-3-22-23(18)17-31-24(22)30)4-9-28-10-5-25(6-11-28)7-12-29(13-8-25)21-14-20(26)15-27-16-21/h2-3,14-16H,4-13,17H2,1H3. The Labute approximate surface area is 183 Å². The summed E-state index contributed by atoms with van der Waals surface area (Å²) in [6.45, 7) is 7.86. The van der Waals surface area contributed by atoms with Gasteiger partial charge in [-0.2, -0.15) is 0 Å². The van der Waals surface area contributed by atoms with Crippen LogP contribution in [0.25, 0.3) is 0 Å². The number of hydrogen-bond acceptors (Lipinski definition) is 5. The molecule has 0 amide bonds. The highest BCUT2D eigenvalue weighted by atomic mass is 19.1. The fourth-order valence-corrected chi connectivity index (χ4v) is 5.51. The zero-order valence-electron chi connectivity index (χ0n) is 18.2. The Morgan fingerprint density at radius 1 is 1.10 bits per heavy atom. The third-order valence-electron chi connectivity index (χ3n) is 7.77. The predicted octanol–water partition coefficient (Wildman–Crippen LogP) is 4.12. The maximum atomic E-state index is 13.5. The summed E-state index contributed by atoms with van der Waals surface area (Å²) in [5.41, 5.74) is 5.70. The van der Waals surface area contributed by atoms with E-state index in [0.29, 0.717) is 12.0 Å². The van der Waals surface area contributed by atoms with Crippen LogP contribution in [0.1, 0.15) is 52.7 Å². The van der Waals surface area contributed by atoms with Gasteiger partial charge in [-0.15, -0.1) is 0 Å². The number of rotatable bonds is 4. The molecule has 0 atom stereocenters. The maximum Gasteiger partial charge on any atom is 0.338 e. The zero-order valence-corrected chi connectivity index (χ0v) is 18.2. The van der Waals surface area contributed by atoms with E-state index in [4.69, 9.17) is 4.74 Å². The molecule has 2 fully saturated rings. The van der Waals surface area contributed by atoms with Gasteiger partial charge in [-0.1, -0.05) is 6.07 Å². The van der Waals surface area contributed by atoms with Gasteiger partial charge < -0.3 is 14.5 Å². The molecule has 0 N–H and O–H groups in total. The van der Waals surface area contributed by atoms with Gasteiger partial charge in [-0.3, -0.25) is 4.98 Å². The van der Waals surface area contributed by atoms with Crippen LogP contribution in [0.4, 0.5) is 10.1 Å². The predicted molar refractivity (Wildman–Crippen MR) is 118 cm³/mol. The number of ether oxygens (including phenoxy) is 1. The Kier molecular flexibility index (Phi) is 5.42. The molecule has 5 nitrogen and oxygen atoms in total. The van der Waals surface area contributed by atoms with Crippen LogP contribution < -0.4 is 4.90 Å². The third-order valence-corrected chi connectivity index (χ3v) is 7.77. The summed E-state index contributed by atoms with van der Waals surface area (Å²) in [6, 6.07) is 5.62. The van der Waals surface area contributed by atoms with Gasteiger partial charge in [0.1, 0.15) is 12.4 Å². The third kappa shape index (κ3) is 4.05. The van der Waals surface area contributed by atoms with Crippen LogP contribution in [-0.2, 0) is 17.8 Å². The normalized spacial score (nSPS) is 20.7. The minimum atomic E-state index is -0.260. The van der Waals surface area contributed by atoms with Gasteiger partial charge in [-0.25, -0.2) is 9.18 Å². The number of benzene rings is 1. The van der Waals surface area contributed by atoms with Gasteiger partial charge in [-0.05, 0) is 74.7 Å². The molecular weight excluding hydrogens is 393 g/mol. The van der Waals surface area contributed by atoms with Crippen LogP contribution in [0.2, 0.25) is 0 Å². The van der Waals surface area contributed by atoms with Crippen molar-refractivity contribution in [3.8, 4) is 0 Å². The van der Waals surface area contributed by atoms with E-state index in [2.05, 4.69) is 27.8 Å². The number of anilines is 1. The van der Waals surface area contributed by atoms with E-state index in [1.54, 1.807) is 12.3 Å². The van der Waals surface area contributed by atoms with Crippen LogP contribution in [0, 0.1) is 18.2 Å². The highest BCUT2D eigenvalue weighted by Crippen LogP contribution is 2.42. The van der Waals surface area contributed by atoms with Crippen molar-refractivity contribution in [2.45, 2.75) is 45.6 Å². The number of likely N-dealkylation sites (tertiary alicyclic amines) is 1. The smallest absolute Gasteiger partial charge is 0.338 e. The molecule has 5 rings (SSSR count). The molecule has 2 saturated heterocycles. The van der Waals surface area contributed by atoms with E-state index in [1.165, 1.54) is 43.0 Å². The number of carbonyl (C=O) groups excluding carboxylic acids is 1. The molecule has 0 saturated carbocycles. The Hall–Kier alpha value is -2.47. The van der Waals surface area contributed by atoms with Crippen molar-refractivity contribution in [1.82, 2.24) is 9.88 Å². The average Bonchev–Trinajstić information content (AvgIpc) is 3.17. The topological polar surface area (TPSA) is 45.7 Å². The second-order valence-electron chi connectivity index (χ2n) is 9.39. The first kappa shape index (κ1) is 20.4. The fraction of sp³-hybridized carbons (Fsp3) is 0.520. The molecule has 2 aromatic rings. The van der Waals surface area contributed by atoms with Gasteiger partial charge in [0.25, 0.3) is 0 Å². The number of cyclic esters (lactones) is 1. The number of esters is 1. The van der Waals surface area contributed by atoms with E-state index >= 15 is 0 Å². The highest BCUT2D eigenvalue weighted by Gasteiger charge is 2.37. The number of hydrogen-bond donors (Lipinski definition) is 0. The van der Waals surface area contributed by atoms with Crippen molar-refractivity contribution in [2.24, 2.45) is 5.41 Å². The number of fused-ring (bicyclic) bond motifs is 1. The van der Waals surface area contributed by atoms with Crippen LogP contribution in [-0.4, -0.2) is 48.6 Å². The minimum absolute atomic E-state index is 0.189. The second kappa shape index (κ2) is 8.23.